The highest BCUT2D eigenvalue weighted by molar-refractivity contribution is 7.99. The lowest BCUT2D eigenvalue weighted by Gasteiger charge is -2.13. The normalized spacial score (nSPS) is 13.3. The summed E-state index contributed by atoms with van der Waals surface area (Å²) in [6, 6.07) is 4.98. The van der Waals surface area contributed by atoms with E-state index in [1.807, 2.05) is 11.3 Å². The molecule has 30 heavy (non-hydrogen) atoms. The van der Waals surface area contributed by atoms with E-state index in [1.54, 1.807) is 18.2 Å². The van der Waals surface area contributed by atoms with E-state index in [1.165, 1.54) is 40.6 Å². The Bertz CT molecular complexity index is 1040. The van der Waals surface area contributed by atoms with Crippen molar-refractivity contribution < 1.29 is 4.79 Å². The number of nitrogens with zero attached hydrogens (tertiary/aromatic N) is 3. The fourth-order valence-corrected chi connectivity index (χ4v) is 6.07. The van der Waals surface area contributed by atoms with E-state index in [9.17, 15) is 4.79 Å². The van der Waals surface area contributed by atoms with Gasteiger partial charge < -0.3 is 9.88 Å². The van der Waals surface area contributed by atoms with Gasteiger partial charge in [0.1, 0.15) is 0 Å². The first kappa shape index (κ1) is 21.7. The van der Waals surface area contributed by atoms with E-state index in [0.29, 0.717) is 15.7 Å². The Kier molecular flexibility index (Phi) is 7.03. The molecule has 0 spiro atoms. The van der Waals surface area contributed by atoms with E-state index in [-0.39, 0.29) is 11.7 Å². The standard InChI is InChI=1S/C21H22Cl2N4OS2/c1-2-7-27-20(17-11-29-18-6-4-3-5-16(17)18)25-26-21(27)30-12-19(28)24-15-9-13(22)8-14(23)10-15/h8-11H,2-7,12H2,1H3,(H,24,28). The molecule has 0 saturated heterocycles. The number of fused-ring (bicyclic) bond motifs is 1. The molecule has 3 aromatic rings. The summed E-state index contributed by atoms with van der Waals surface area (Å²) in [5, 5.41) is 15.7. The lowest BCUT2D eigenvalue weighted by Crippen LogP contribution is -2.14. The molecule has 9 heteroatoms. The van der Waals surface area contributed by atoms with Crippen LogP contribution in [-0.2, 0) is 24.2 Å². The molecule has 1 aliphatic rings. The van der Waals surface area contributed by atoms with Gasteiger partial charge in [-0.1, -0.05) is 41.9 Å². The molecule has 2 aromatic heterocycles. The zero-order valence-corrected chi connectivity index (χ0v) is 19.7. The lowest BCUT2D eigenvalue weighted by atomic mass is 9.95. The van der Waals surface area contributed by atoms with Crippen LogP contribution in [0.15, 0.2) is 28.7 Å². The molecule has 0 fully saturated rings. The third-order valence-electron chi connectivity index (χ3n) is 4.94. The Labute approximate surface area is 194 Å². The summed E-state index contributed by atoms with van der Waals surface area (Å²) < 4.78 is 2.14. The van der Waals surface area contributed by atoms with Crippen molar-refractivity contribution in [2.45, 2.75) is 50.7 Å². The van der Waals surface area contributed by atoms with Gasteiger partial charge in [-0.25, -0.2) is 0 Å². The number of thiophene rings is 1. The highest BCUT2D eigenvalue weighted by Crippen LogP contribution is 2.37. The fraction of sp³-hybridized carbons (Fsp3) is 0.381. The van der Waals surface area contributed by atoms with E-state index in [2.05, 4.69) is 32.4 Å². The van der Waals surface area contributed by atoms with Gasteiger partial charge in [0.25, 0.3) is 0 Å². The zero-order chi connectivity index (χ0) is 21.1. The third kappa shape index (κ3) is 4.85. The number of aryl methyl sites for hydroxylation is 1. The number of thioether (sulfide) groups is 1. The minimum Gasteiger partial charge on any atom is -0.325 e. The van der Waals surface area contributed by atoms with Crippen LogP contribution >= 0.6 is 46.3 Å². The van der Waals surface area contributed by atoms with Crippen LogP contribution in [0, 0.1) is 0 Å². The highest BCUT2D eigenvalue weighted by Gasteiger charge is 2.22. The number of carbonyl (C=O) groups is 1. The second-order valence-electron chi connectivity index (χ2n) is 7.21. The molecule has 0 atom stereocenters. The molecule has 1 amide bonds. The zero-order valence-electron chi connectivity index (χ0n) is 16.6. The van der Waals surface area contributed by atoms with Gasteiger partial charge in [-0.2, -0.15) is 0 Å². The van der Waals surface area contributed by atoms with Gasteiger partial charge in [-0.05, 0) is 55.9 Å². The van der Waals surface area contributed by atoms with Gasteiger partial charge >= 0.3 is 0 Å². The molecule has 0 saturated carbocycles. The number of benzene rings is 1. The molecule has 0 aliphatic heterocycles. The van der Waals surface area contributed by atoms with Crippen LogP contribution in [0.25, 0.3) is 11.4 Å². The maximum Gasteiger partial charge on any atom is 0.234 e. The molecule has 4 rings (SSSR count). The van der Waals surface area contributed by atoms with Crippen LogP contribution in [0.5, 0.6) is 0 Å². The molecule has 1 aliphatic carbocycles. The van der Waals surface area contributed by atoms with Gasteiger partial charge in [0, 0.05) is 38.1 Å². The van der Waals surface area contributed by atoms with Crippen LogP contribution in [0.2, 0.25) is 10.0 Å². The first-order chi connectivity index (χ1) is 14.5. The molecular formula is C21H22Cl2N4OS2. The number of anilines is 1. The average Bonchev–Trinajstić information content (AvgIpc) is 3.30. The predicted octanol–water partition coefficient (Wildman–Crippen LogP) is 6.33. The lowest BCUT2D eigenvalue weighted by molar-refractivity contribution is -0.113. The predicted molar refractivity (Wildman–Crippen MR) is 126 cm³/mol. The van der Waals surface area contributed by atoms with Crippen molar-refractivity contribution in [3.8, 4) is 11.4 Å². The van der Waals surface area contributed by atoms with E-state index in [0.717, 1.165) is 36.8 Å². The highest BCUT2D eigenvalue weighted by atomic mass is 35.5. The Morgan fingerprint density at radius 1 is 1.20 bits per heavy atom. The molecule has 1 aromatic carbocycles. The number of carbonyl (C=O) groups excluding carboxylic acids is 1. The number of nitrogens with one attached hydrogen (secondary N) is 1. The minimum atomic E-state index is -0.140. The largest absolute Gasteiger partial charge is 0.325 e. The summed E-state index contributed by atoms with van der Waals surface area (Å²) in [6.45, 7) is 2.96. The summed E-state index contributed by atoms with van der Waals surface area (Å²) in [6.07, 6.45) is 5.74. The minimum absolute atomic E-state index is 0.140. The molecule has 0 bridgehead atoms. The fourth-order valence-electron chi connectivity index (χ4n) is 3.65. The van der Waals surface area contributed by atoms with E-state index in [4.69, 9.17) is 23.2 Å². The number of aromatic nitrogens is 3. The number of hydrogen-bond donors (Lipinski definition) is 1. The van der Waals surface area contributed by atoms with Crippen molar-refractivity contribution in [1.29, 1.82) is 0 Å². The summed E-state index contributed by atoms with van der Waals surface area (Å²) in [5.41, 5.74) is 3.22. The Balaban J connectivity index is 1.49. The second-order valence-corrected chi connectivity index (χ2v) is 9.99. The number of amides is 1. The molecule has 158 valence electrons. The molecule has 0 unspecified atom stereocenters. The Morgan fingerprint density at radius 3 is 2.73 bits per heavy atom. The van der Waals surface area contributed by atoms with Crippen LogP contribution in [0.4, 0.5) is 5.69 Å². The smallest absolute Gasteiger partial charge is 0.234 e. The molecule has 2 heterocycles. The molecule has 0 radical (unpaired) electrons. The van der Waals surface area contributed by atoms with Gasteiger partial charge in [0.05, 0.1) is 5.75 Å². The summed E-state index contributed by atoms with van der Waals surface area (Å²) >= 11 is 15.2. The Hall–Kier alpha value is -1.54. The summed E-state index contributed by atoms with van der Waals surface area (Å²) in [4.78, 5) is 13.9. The topological polar surface area (TPSA) is 59.8 Å². The van der Waals surface area contributed by atoms with Crippen molar-refractivity contribution >= 4 is 57.9 Å². The van der Waals surface area contributed by atoms with Crippen LogP contribution in [0.1, 0.15) is 36.6 Å². The second kappa shape index (κ2) is 9.73. The Morgan fingerprint density at radius 2 is 1.97 bits per heavy atom. The summed E-state index contributed by atoms with van der Waals surface area (Å²) in [5.74, 6) is 1.01. The molecular weight excluding hydrogens is 459 g/mol. The van der Waals surface area contributed by atoms with Crippen molar-refractivity contribution in [3.05, 3.63) is 44.1 Å². The molecule has 5 nitrogen and oxygen atoms in total. The number of hydrogen-bond acceptors (Lipinski definition) is 5. The van der Waals surface area contributed by atoms with Crippen LogP contribution in [-0.4, -0.2) is 26.4 Å². The van der Waals surface area contributed by atoms with Gasteiger partial charge in [-0.15, -0.1) is 21.5 Å². The summed E-state index contributed by atoms with van der Waals surface area (Å²) in [7, 11) is 0. The number of halogens is 2. The average molecular weight is 481 g/mol. The first-order valence-corrected chi connectivity index (χ1v) is 12.6. The van der Waals surface area contributed by atoms with E-state index >= 15 is 0 Å². The van der Waals surface area contributed by atoms with Crippen molar-refractivity contribution in [2.75, 3.05) is 11.1 Å². The quantitative estimate of drug-likeness (QED) is 0.401. The monoisotopic (exact) mass is 480 g/mol. The third-order valence-corrected chi connectivity index (χ3v) is 7.44. The van der Waals surface area contributed by atoms with Gasteiger partial charge in [0.2, 0.25) is 5.91 Å². The van der Waals surface area contributed by atoms with Crippen molar-refractivity contribution in [2.24, 2.45) is 0 Å². The number of rotatable bonds is 7. The molecule has 1 N–H and O–H groups in total. The first-order valence-electron chi connectivity index (χ1n) is 9.96. The van der Waals surface area contributed by atoms with Crippen molar-refractivity contribution in [1.82, 2.24) is 14.8 Å². The maximum absolute atomic E-state index is 12.4. The van der Waals surface area contributed by atoms with E-state index < -0.39 is 0 Å². The van der Waals surface area contributed by atoms with Crippen LogP contribution < -0.4 is 5.32 Å². The van der Waals surface area contributed by atoms with Gasteiger partial charge in [-0.3, -0.25) is 4.79 Å². The maximum atomic E-state index is 12.4. The SMILES string of the molecule is CCCn1c(SCC(=O)Nc2cc(Cl)cc(Cl)c2)nnc1-c1csc2c1CCCC2. The van der Waals surface area contributed by atoms with Crippen molar-refractivity contribution in [3.63, 3.8) is 0 Å². The van der Waals surface area contributed by atoms with Gasteiger partial charge in [0.15, 0.2) is 11.0 Å². The van der Waals surface area contributed by atoms with Crippen LogP contribution in [0.3, 0.4) is 0 Å².